The monoisotopic (exact) mass is 253 g/mol. The summed E-state index contributed by atoms with van der Waals surface area (Å²) in [5.41, 5.74) is 0.299. The van der Waals surface area contributed by atoms with Gasteiger partial charge in [0.1, 0.15) is 11.6 Å². The van der Waals surface area contributed by atoms with Gasteiger partial charge in [-0.3, -0.25) is 0 Å². The summed E-state index contributed by atoms with van der Waals surface area (Å²) in [6, 6.07) is 3.85. The molecule has 0 spiro atoms. The summed E-state index contributed by atoms with van der Waals surface area (Å²) < 4.78 is 26.8. The van der Waals surface area contributed by atoms with Crippen LogP contribution in [0.1, 0.15) is 39.5 Å². The minimum absolute atomic E-state index is 0.259. The van der Waals surface area contributed by atoms with Crippen LogP contribution in [-0.4, -0.2) is 6.04 Å². The third-order valence-corrected chi connectivity index (χ3v) is 3.95. The van der Waals surface area contributed by atoms with Crippen molar-refractivity contribution >= 4 is 5.69 Å². The molecule has 0 amide bonds. The molecule has 0 heterocycles. The molecule has 1 aliphatic rings. The van der Waals surface area contributed by atoms with Crippen molar-refractivity contribution in [1.29, 1.82) is 0 Å². The molecule has 0 bridgehead atoms. The van der Waals surface area contributed by atoms with Crippen LogP contribution in [0.3, 0.4) is 0 Å². The largest absolute Gasteiger partial charge is 0.380 e. The SMILES string of the molecule is CC(C)C1CCCCC1Nc1cc(F)ccc1F. The Morgan fingerprint density at radius 2 is 1.89 bits per heavy atom. The first-order valence-electron chi connectivity index (χ1n) is 6.79. The molecular formula is C15H21F2N. The topological polar surface area (TPSA) is 12.0 Å². The van der Waals surface area contributed by atoms with Gasteiger partial charge in [0.05, 0.1) is 5.69 Å². The van der Waals surface area contributed by atoms with Gasteiger partial charge in [-0.15, -0.1) is 0 Å². The Bertz CT molecular complexity index is 403. The van der Waals surface area contributed by atoms with E-state index in [2.05, 4.69) is 19.2 Å². The molecule has 1 aromatic rings. The van der Waals surface area contributed by atoms with Gasteiger partial charge in [-0.2, -0.15) is 0 Å². The van der Waals surface area contributed by atoms with Crippen LogP contribution in [0.5, 0.6) is 0 Å². The van der Waals surface area contributed by atoms with Crippen molar-refractivity contribution in [2.24, 2.45) is 11.8 Å². The molecule has 1 fully saturated rings. The zero-order valence-electron chi connectivity index (χ0n) is 11.0. The molecule has 1 nitrogen and oxygen atoms in total. The van der Waals surface area contributed by atoms with Gasteiger partial charge in [0.15, 0.2) is 0 Å². The minimum atomic E-state index is -0.393. The Morgan fingerprint density at radius 1 is 1.17 bits per heavy atom. The van der Waals surface area contributed by atoms with Crippen molar-refractivity contribution in [3.8, 4) is 0 Å². The quantitative estimate of drug-likeness (QED) is 0.830. The highest BCUT2D eigenvalue weighted by atomic mass is 19.1. The molecule has 1 N–H and O–H groups in total. The highest BCUT2D eigenvalue weighted by Crippen LogP contribution is 2.32. The Kier molecular flexibility index (Phi) is 4.20. The van der Waals surface area contributed by atoms with Gasteiger partial charge in [-0.1, -0.05) is 26.7 Å². The summed E-state index contributed by atoms with van der Waals surface area (Å²) >= 11 is 0. The zero-order valence-corrected chi connectivity index (χ0v) is 11.0. The molecule has 1 saturated carbocycles. The van der Waals surface area contributed by atoms with E-state index in [4.69, 9.17) is 0 Å². The van der Waals surface area contributed by atoms with Crippen molar-refractivity contribution in [2.45, 2.75) is 45.6 Å². The van der Waals surface area contributed by atoms with E-state index in [9.17, 15) is 8.78 Å². The lowest BCUT2D eigenvalue weighted by Crippen LogP contribution is -2.35. The number of nitrogens with one attached hydrogen (secondary N) is 1. The molecule has 0 radical (unpaired) electrons. The first kappa shape index (κ1) is 13.3. The molecule has 0 aliphatic heterocycles. The third kappa shape index (κ3) is 3.01. The Balaban J connectivity index is 2.13. The first-order chi connectivity index (χ1) is 8.58. The molecule has 100 valence electrons. The summed E-state index contributed by atoms with van der Waals surface area (Å²) in [5, 5.41) is 3.21. The van der Waals surface area contributed by atoms with Crippen molar-refractivity contribution < 1.29 is 8.78 Å². The van der Waals surface area contributed by atoms with Crippen molar-refractivity contribution in [3.63, 3.8) is 0 Å². The number of benzene rings is 1. The van der Waals surface area contributed by atoms with Crippen LogP contribution in [0.2, 0.25) is 0 Å². The van der Waals surface area contributed by atoms with Crippen LogP contribution >= 0.6 is 0 Å². The maximum Gasteiger partial charge on any atom is 0.146 e. The summed E-state index contributed by atoms with van der Waals surface area (Å²) in [7, 11) is 0. The van der Waals surface area contributed by atoms with E-state index < -0.39 is 5.82 Å². The lowest BCUT2D eigenvalue weighted by atomic mass is 9.78. The van der Waals surface area contributed by atoms with E-state index >= 15 is 0 Å². The molecular weight excluding hydrogens is 232 g/mol. The Morgan fingerprint density at radius 3 is 2.61 bits per heavy atom. The predicted octanol–water partition coefficient (Wildman–Crippen LogP) is 4.59. The van der Waals surface area contributed by atoms with E-state index in [-0.39, 0.29) is 11.9 Å². The molecule has 2 unspecified atom stereocenters. The number of hydrogen-bond acceptors (Lipinski definition) is 1. The van der Waals surface area contributed by atoms with Crippen molar-refractivity contribution in [3.05, 3.63) is 29.8 Å². The van der Waals surface area contributed by atoms with Crippen LogP contribution in [0.25, 0.3) is 0 Å². The Labute approximate surface area is 108 Å². The summed E-state index contributed by atoms with van der Waals surface area (Å²) in [4.78, 5) is 0. The lowest BCUT2D eigenvalue weighted by Gasteiger charge is -2.35. The maximum absolute atomic E-state index is 13.6. The van der Waals surface area contributed by atoms with E-state index in [1.54, 1.807) is 0 Å². The van der Waals surface area contributed by atoms with Gasteiger partial charge in [0.25, 0.3) is 0 Å². The number of hydrogen-bond donors (Lipinski definition) is 1. The van der Waals surface area contributed by atoms with E-state index in [0.29, 0.717) is 17.5 Å². The normalized spacial score (nSPS) is 24.3. The first-order valence-corrected chi connectivity index (χ1v) is 6.79. The van der Waals surface area contributed by atoms with Gasteiger partial charge in [0, 0.05) is 6.04 Å². The fraction of sp³-hybridized carbons (Fsp3) is 0.600. The molecule has 18 heavy (non-hydrogen) atoms. The number of anilines is 1. The summed E-state index contributed by atoms with van der Waals surface area (Å²) in [5.74, 6) is 0.348. The second kappa shape index (κ2) is 5.68. The number of rotatable bonds is 3. The highest BCUT2D eigenvalue weighted by molar-refractivity contribution is 5.46. The minimum Gasteiger partial charge on any atom is -0.380 e. The van der Waals surface area contributed by atoms with E-state index in [0.717, 1.165) is 18.9 Å². The molecule has 0 aromatic heterocycles. The van der Waals surface area contributed by atoms with Crippen LogP contribution < -0.4 is 5.32 Å². The predicted molar refractivity (Wildman–Crippen MR) is 70.6 cm³/mol. The molecule has 2 atom stereocenters. The van der Waals surface area contributed by atoms with Gasteiger partial charge < -0.3 is 5.32 Å². The molecule has 1 aliphatic carbocycles. The number of halogens is 2. The van der Waals surface area contributed by atoms with E-state index in [1.807, 2.05) is 0 Å². The molecule has 0 saturated heterocycles. The van der Waals surface area contributed by atoms with Gasteiger partial charge in [0.2, 0.25) is 0 Å². The second-order valence-electron chi connectivity index (χ2n) is 5.57. The van der Waals surface area contributed by atoms with Crippen molar-refractivity contribution in [2.75, 3.05) is 5.32 Å². The second-order valence-corrected chi connectivity index (χ2v) is 5.57. The zero-order chi connectivity index (χ0) is 13.1. The fourth-order valence-electron chi connectivity index (χ4n) is 2.94. The van der Waals surface area contributed by atoms with Gasteiger partial charge in [-0.25, -0.2) is 8.78 Å². The smallest absolute Gasteiger partial charge is 0.146 e. The van der Waals surface area contributed by atoms with Crippen molar-refractivity contribution in [1.82, 2.24) is 0 Å². The highest BCUT2D eigenvalue weighted by Gasteiger charge is 2.27. The summed E-state index contributed by atoms with van der Waals surface area (Å²) in [6.07, 6.45) is 4.62. The molecule has 3 heteroatoms. The average Bonchev–Trinajstić information content (AvgIpc) is 2.34. The molecule has 2 rings (SSSR count). The van der Waals surface area contributed by atoms with E-state index in [1.165, 1.54) is 25.0 Å². The maximum atomic E-state index is 13.6. The molecule has 1 aromatic carbocycles. The lowest BCUT2D eigenvalue weighted by molar-refractivity contribution is 0.253. The average molecular weight is 253 g/mol. The Hall–Kier alpha value is -1.12. The third-order valence-electron chi connectivity index (χ3n) is 3.95. The van der Waals surface area contributed by atoms with Gasteiger partial charge in [-0.05, 0) is 42.9 Å². The van der Waals surface area contributed by atoms with Crippen LogP contribution in [0.4, 0.5) is 14.5 Å². The van der Waals surface area contributed by atoms with Crippen LogP contribution in [0, 0.1) is 23.5 Å². The van der Waals surface area contributed by atoms with Crippen LogP contribution in [0.15, 0.2) is 18.2 Å². The van der Waals surface area contributed by atoms with Gasteiger partial charge >= 0.3 is 0 Å². The van der Waals surface area contributed by atoms with Crippen LogP contribution in [-0.2, 0) is 0 Å². The fourth-order valence-corrected chi connectivity index (χ4v) is 2.94. The standard InChI is InChI=1S/C15H21F2N/c1-10(2)12-5-3-4-6-14(12)18-15-9-11(16)7-8-13(15)17/h7-10,12,14,18H,3-6H2,1-2H3. The summed E-state index contributed by atoms with van der Waals surface area (Å²) in [6.45, 7) is 4.40.